The molecule has 5 nitrogen and oxygen atoms in total. The Balaban J connectivity index is 1.67. The van der Waals surface area contributed by atoms with Crippen molar-refractivity contribution in [3.05, 3.63) is 53.1 Å². The zero-order chi connectivity index (χ0) is 20.3. The fourth-order valence-electron chi connectivity index (χ4n) is 3.21. The highest BCUT2D eigenvalue weighted by atomic mass is 16.6. The van der Waals surface area contributed by atoms with Gasteiger partial charge in [0.1, 0.15) is 19.0 Å². The van der Waals surface area contributed by atoms with Crippen LogP contribution in [-0.4, -0.2) is 25.2 Å². The van der Waals surface area contributed by atoms with E-state index in [-0.39, 0.29) is 11.9 Å². The number of carbonyl (C=O) groups is 1. The van der Waals surface area contributed by atoms with Gasteiger partial charge in [0, 0.05) is 0 Å². The first kappa shape index (κ1) is 20.1. The first-order valence-electron chi connectivity index (χ1n) is 9.82. The molecule has 0 aromatic heterocycles. The molecule has 0 saturated carbocycles. The van der Waals surface area contributed by atoms with E-state index in [0.29, 0.717) is 19.1 Å². The quantitative estimate of drug-likeness (QED) is 0.796. The van der Waals surface area contributed by atoms with Gasteiger partial charge in [-0.25, -0.2) is 0 Å². The van der Waals surface area contributed by atoms with Crippen LogP contribution in [0, 0.1) is 6.92 Å². The van der Waals surface area contributed by atoms with E-state index in [1.807, 2.05) is 38.1 Å². The molecule has 0 bridgehead atoms. The Morgan fingerprint density at radius 3 is 2.43 bits per heavy atom. The van der Waals surface area contributed by atoms with E-state index < -0.39 is 6.10 Å². The fourth-order valence-corrected chi connectivity index (χ4v) is 3.21. The van der Waals surface area contributed by atoms with Gasteiger partial charge < -0.3 is 19.5 Å². The number of ether oxygens (including phenoxy) is 3. The second-order valence-electron chi connectivity index (χ2n) is 7.59. The standard InChI is InChI=1S/C23H29NO4/c1-14(2)19-8-6-15(3)12-21(19)28-17(5)23(25)24-16(4)18-7-9-20-22(13-18)27-11-10-26-20/h6-9,12-14,16-17H,10-11H2,1-5H3,(H,24,25). The number of aryl methyl sites for hydroxylation is 1. The summed E-state index contributed by atoms with van der Waals surface area (Å²) in [5, 5.41) is 3.03. The maximum Gasteiger partial charge on any atom is 0.261 e. The molecule has 2 aromatic rings. The summed E-state index contributed by atoms with van der Waals surface area (Å²) >= 11 is 0. The lowest BCUT2D eigenvalue weighted by Gasteiger charge is -2.23. The smallest absolute Gasteiger partial charge is 0.261 e. The van der Waals surface area contributed by atoms with Crippen LogP contribution in [0.15, 0.2) is 36.4 Å². The van der Waals surface area contributed by atoms with Gasteiger partial charge in [0.25, 0.3) is 5.91 Å². The van der Waals surface area contributed by atoms with Gasteiger partial charge >= 0.3 is 0 Å². The molecular formula is C23H29NO4. The largest absolute Gasteiger partial charge is 0.486 e. The van der Waals surface area contributed by atoms with Crippen LogP contribution in [0.2, 0.25) is 0 Å². The van der Waals surface area contributed by atoms with E-state index >= 15 is 0 Å². The zero-order valence-electron chi connectivity index (χ0n) is 17.2. The van der Waals surface area contributed by atoms with Gasteiger partial charge in [-0.1, -0.05) is 32.0 Å². The number of benzene rings is 2. The van der Waals surface area contributed by atoms with Crippen LogP contribution < -0.4 is 19.5 Å². The molecule has 0 radical (unpaired) electrons. The molecule has 28 heavy (non-hydrogen) atoms. The molecule has 150 valence electrons. The van der Waals surface area contributed by atoms with Crippen LogP contribution in [0.3, 0.4) is 0 Å². The zero-order valence-corrected chi connectivity index (χ0v) is 17.2. The highest BCUT2D eigenvalue weighted by molar-refractivity contribution is 5.81. The number of hydrogen-bond acceptors (Lipinski definition) is 4. The molecule has 5 heteroatoms. The number of carbonyl (C=O) groups excluding carboxylic acids is 1. The van der Waals surface area contributed by atoms with E-state index in [1.54, 1.807) is 6.92 Å². The van der Waals surface area contributed by atoms with Crippen molar-refractivity contribution in [2.75, 3.05) is 13.2 Å². The molecular weight excluding hydrogens is 354 g/mol. The Kier molecular flexibility index (Phi) is 6.12. The lowest BCUT2D eigenvalue weighted by Crippen LogP contribution is -2.38. The second kappa shape index (κ2) is 8.55. The van der Waals surface area contributed by atoms with Crippen molar-refractivity contribution in [1.29, 1.82) is 0 Å². The first-order valence-corrected chi connectivity index (χ1v) is 9.82. The van der Waals surface area contributed by atoms with Crippen molar-refractivity contribution in [2.24, 2.45) is 0 Å². The average molecular weight is 383 g/mol. The summed E-state index contributed by atoms with van der Waals surface area (Å²) in [4.78, 5) is 12.7. The summed E-state index contributed by atoms with van der Waals surface area (Å²) in [7, 11) is 0. The molecule has 1 aliphatic heterocycles. The molecule has 0 fully saturated rings. The third-order valence-electron chi connectivity index (χ3n) is 4.89. The molecule has 0 aliphatic carbocycles. The maximum absolute atomic E-state index is 12.7. The van der Waals surface area contributed by atoms with Gasteiger partial charge in [-0.15, -0.1) is 0 Å². The Bertz CT molecular complexity index is 846. The number of hydrogen-bond donors (Lipinski definition) is 1. The molecule has 2 atom stereocenters. The number of fused-ring (bicyclic) bond motifs is 1. The van der Waals surface area contributed by atoms with Crippen LogP contribution in [0.5, 0.6) is 17.2 Å². The highest BCUT2D eigenvalue weighted by Crippen LogP contribution is 2.33. The molecule has 1 heterocycles. The summed E-state index contributed by atoms with van der Waals surface area (Å²) in [5.74, 6) is 2.40. The molecule has 1 aliphatic rings. The minimum Gasteiger partial charge on any atom is -0.486 e. The van der Waals surface area contributed by atoms with E-state index in [0.717, 1.165) is 33.9 Å². The van der Waals surface area contributed by atoms with Crippen molar-refractivity contribution >= 4 is 5.91 Å². The minimum atomic E-state index is -0.598. The first-order chi connectivity index (χ1) is 13.3. The van der Waals surface area contributed by atoms with Crippen LogP contribution >= 0.6 is 0 Å². The van der Waals surface area contributed by atoms with Crippen molar-refractivity contribution < 1.29 is 19.0 Å². The monoisotopic (exact) mass is 383 g/mol. The predicted molar refractivity (Wildman–Crippen MR) is 109 cm³/mol. The van der Waals surface area contributed by atoms with E-state index in [2.05, 4.69) is 31.3 Å². The molecule has 0 saturated heterocycles. The molecule has 2 unspecified atom stereocenters. The van der Waals surface area contributed by atoms with Gasteiger partial charge in [-0.05, 0) is 61.6 Å². The minimum absolute atomic E-state index is 0.154. The fraction of sp³-hybridized carbons (Fsp3) is 0.435. The number of nitrogens with one attached hydrogen (secondary N) is 1. The van der Waals surface area contributed by atoms with Crippen molar-refractivity contribution in [2.45, 2.75) is 52.7 Å². The SMILES string of the molecule is Cc1ccc(C(C)C)c(OC(C)C(=O)NC(C)c2ccc3c(c2)OCCO3)c1. The maximum atomic E-state index is 12.7. The number of rotatable bonds is 6. The predicted octanol–water partition coefficient (Wildman–Crippen LogP) is 4.53. The van der Waals surface area contributed by atoms with Gasteiger partial charge in [0.05, 0.1) is 6.04 Å². The van der Waals surface area contributed by atoms with Crippen molar-refractivity contribution in [1.82, 2.24) is 5.32 Å². The Labute approximate surface area is 167 Å². The normalized spacial score (nSPS) is 15.1. The number of amides is 1. The summed E-state index contributed by atoms with van der Waals surface area (Å²) < 4.78 is 17.2. The lowest BCUT2D eigenvalue weighted by molar-refractivity contribution is -0.127. The summed E-state index contributed by atoms with van der Waals surface area (Å²) in [6, 6.07) is 11.7. The van der Waals surface area contributed by atoms with Crippen LogP contribution in [0.4, 0.5) is 0 Å². The van der Waals surface area contributed by atoms with E-state index in [1.165, 1.54) is 0 Å². The summed E-state index contributed by atoms with van der Waals surface area (Å²) in [6.07, 6.45) is -0.598. The van der Waals surface area contributed by atoms with Gasteiger partial charge in [-0.3, -0.25) is 4.79 Å². The van der Waals surface area contributed by atoms with E-state index in [4.69, 9.17) is 14.2 Å². The third kappa shape index (κ3) is 4.58. The molecule has 1 amide bonds. The van der Waals surface area contributed by atoms with Crippen LogP contribution in [0.1, 0.15) is 56.3 Å². The van der Waals surface area contributed by atoms with Crippen molar-refractivity contribution in [3.8, 4) is 17.2 Å². The summed E-state index contributed by atoms with van der Waals surface area (Å²) in [6.45, 7) is 11.1. The average Bonchev–Trinajstić information content (AvgIpc) is 2.67. The van der Waals surface area contributed by atoms with Gasteiger partial charge in [0.15, 0.2) is 17.6 Å². The third-order valence-corrected chi connectivity index (χ3v) is 4.89. The van der Waals surface area contributed by atoms with Gasteiger partial charge in [0.2, 0.25) is 0 Å². The van der Waals surface area contributed by atoms with Gasteiger partial charge in [-0.2, -0.15) is 0 Å². The topological polar surface area (TPSA) is 56.8 Å². The van der Waals surface area contributed by atoms with Crippen LogP contribution in [-0.2, 0) is 4.79 Å². The second-order valence-corrected chi connectivity index (χ2v) is 7.59. The molecule has 0 spiro atoms. The highest BCUT2D eigenvalue weighted by Gasteiger charge is 2.21. The van der Waals surface area contributed by atoms with Crippen molar-refractivity contribution in [3.63, 3.8) is 0 Å². The Morgan fingerprint density at radius 2 is 1.71 bits per heavy atom. The Morgan fingerprint density at radius 1 is 1.00 bits per heavy atom. The lowest BCUT2D eigenvalue weighted by atomic mass is 10.0. The molecule has 2 aromatic carbocycles. The van der Waals surface area contributed by atoms with Crippen LogP contribution in [0.25, 0.3) is 0 Å². The summed E-state index contributed by atoms with van der Waals surface area (Å²) in [5.41, 5.74) is 3.17. The molecule has 3 rings (SSSR count). The van der Waals surface area contributed by atoms with E-state index in [9.17, 15) is 4.79 Å². The molecule has 1 N–H and O–H groups in total. The Hall–Kier alpha value is -2.69.